The third-order valence-corrected chi connectivity index (χ3v) is 5.70. The molecule has 0 radical (unpaired) electrons. The number of carbonyl (C=O) groups is 1. The van der Waals surface area contributed by atoms with Gasteiger partial charge in [0.2, 0.25) is 5.91 Å². The summed E-state index contributed by atoms with van der Waals surface area (Å²) < 4.78 is 6.22. The van der Waals surface area contributed by atoms with Crippen molar-refractivity contribution in [3.63, 3.8) is 0 Å². The van der Waals surface area contributed by atoms with Crippen LogP contribution in [-0.4, -0.2) is 29.3 Å². The van der Waals surface area contributed by atoms with Gasteiger partial charge >= 0.3 is 0 Å². The van der Waals surface area contributed by atoms with E-state index >= 15 is 0 Å². The summed E-state index contributed by atoms with van der Waals surface area (Å²) in [5.74, 6) is -0.236. The Hall–Kier alpha value is -1.11. The Balaban J connectivity index is 1.87. The first-order chi connectivity index (χ1) is 9.80. The van der Waals surface area contributed by atoms with Gasteiger partial charge in [0.1, 0.15) is 5.54 Å². The van der Waals surface area contributed by atoms with Crippen molar-refractivity contribution in [2.24, 2.45) is 17.1 Å². The van der Waals surface area contributed by atoms with E-state index in [0.717, 1.165) is 6.42 Å². The smallest absolute Gasteiger partial charge is 0.245 e. The van der Waals surface area contributed by atoms with Crippen molar-refractivity contribution >= 4 is 27.5 Å². The fourth-order valence-electron chi connectivity index (χ4n) is 3.69. The molecular formula is C15H19BrN2O3. The van der Waals surface area contributed by atoms with E-state index in [2.05, 4.69) is 21.2 Å². The first kappa shape index (κ1) is 14.8. The molecule has 1 aromatic rings. The number of hydrogen-bond donors (Lipinski definition) is 3. The van der Waals surface area contributed by atoms with Gasteiger partial charge in [0.05, 0.1) is 16.3 Å². The lowest BCUT2D eigenvalue weighted by atomic mass is 9.48. The quantitative estimate of drug-likeness (QED) is 0.711. The van der Waals surface area contributed by atoms with Gasteiger partial charge in [-0.1, -0.05) is 19.9 Å². The second kappa shape index (κ2) is 4.69. The van der Waals surface area contributed by atoms with E-state index < -0.39 is 11.0 Å². The van der Waals surface area contributed by atoms with Crippen LogP contribution in [0.25, 0.3) is 0 Å². The largest absolute Gasteiger partial charge is 0.505 e. The topological polar surface area (TPSA) is 84.6 Å². The van der Waals surface area contributed by atoms with Crippen LogP contribution < -0.4 is 11.1 Å². The van der Waals surface area contributed by atoms with Crippen molar-refractivity contribution in [2.45, 2.75) is 31.9 Å². The molecule has 3 atom stereocenters. The fraction of sp³-hybridized carbons (Fsp3) is 0.533. The Bertz CT molecular complexity index is 605. The maximum atomic E-state index is 12.7. The van der Waals surface area contributed by atoms with Crippen LogP contribution >= 0.6 is 15.9 Å². The third-order valence-electron chi connectivity index (χ3n) is 5.06. The normalized spacial score (nSPS) is 33.1. The molecule has 1 aliphatic heterocycles. The molecule has 1 saturated heterocycles. The van der Waals surface area contributed by atoms with Gasteiger partial charge in [-0.3, -0.25) is 4.79 Å². The SMILES string of the molecule is CC1(C)C2OCCC2C1(N)C(=O)Nc1cccc(Br)c1O. The van der Waals surface area contributed by atoms with Gasteiger partial charge in [-0.2, -0.15) is 0 Å². The Morgan fingerprint density at radius 3 is 2.95 bits per heavy atom. The van der Waals surface area contributed by atoms with Crippen molar-refractivity contribution in [2.75, 3.05) is 11.9 Å². The number of phenolic OH excluding ortho intramolecular Hbond substituents is 1. The van der Waals surface area contributed by atoms with Crippen molar-refractivity contribution in [3.05, 3.63) is 22.7 Å². The van der Waals surface area contributed by atoms with Crippen LogP contribution in [0.4, 0.5) is 5.69 Å². The number of carbonyl (C=O) groups excluding carboxylic acids is 1. The summed E-state index contributed by atoms with van der Waals surface area (Å²) in [5, 5.41) is 12.8. The van der Waals surface area contributed by atoms with Crippen LogP contribution in [0.3, 0.4) is 0 Å². The Labute approximate surface area is 132 Å². The molecule has 1 aliphatic carbocycles. The van der Waals surface area contributed by atoms with Crippen LogP contribution in [0.2, 0.25) is 0 Å². The van der Waals surface area contributed by atoms with Gasteiger partial charge in [-0.25, -0.2) is 0 Å². The zero-order valence-corrected chi connectivity index (χ0v) is 13.6. The summed E-state index contributed by atoms with van der Waals surface area (Å²) in [6, 6.07) is 5.10. The number of nitrogens with one attached hydrogen (secondary N) is 1. The molecule has 1 heterocycles. The van der Waals surface area contributed by atoms with E-state index in [1.54, 1.807) is 18.2 Å². The number of fused-ring (bicyclic) bond motifs is 1. The summed E-state index contributed by atoms with van der Waals surface area (Å²) in [6.07, 6.45) is 0.826. The van der Waals surface area contributed by atoms with Gasteiger partial charge in [-0.15, -0.1) is 0 Å². The molecule has 0 spiro atoms. The molecule has 2 fully saturated rings. The van der Waals surface area contributed by atoms with Crippen LogP contribution in [-0.2, 0) is 9.53 Å². The second-order valence-electron chi connectivity index (χ2n) is 6.37. The third kappa shape index (κ3) is 1.86. The van der Waals surface area contributed by atoms with Crippen LogP contribution in [0.15, 0.2) is 22.7 Å². The van der Waals surface area contributed by atoms with Gasteiger partial charge in [-0.05, 0) is 34.5 Å². The highest BCUT2D eigenvalue weighted by Gasteiger charge is 2.71. The molecule has 4 N–H and O–H groups in total. The maximum absolute atomic E-state index is 12.7. The number of para-hydroxylation sites is 1. The lowest BCUT2D eigenvalue weighted by Gasteiger charge is -2.60. The monoisotopic (exact) mass is 354 g/mol. The van der Waals surface area contributed by atoms with E-state index in [-0.39, 0.29) is 23.7 Å². The van der Waals surface area contributed by atoms with Crippen LogP contribution in [0.5, 0.6) is 5.75 Å². The molecule has 3 unspecified atom stereocenters. The predicted octanol–water partition coefficient (Wildman–Crippen LogP) is 2.24. The van der Waals surface area contributed by atoms with Gasteiger partial charge < -0.3 is 20.9 Å². The minimum Gasteiger partial charge on any atom is -0.505 e. The summed E-state index contributed by atoms with van der Waals surface area (Å²) in [4.78, 5) is 12.7. The van der Waals surface area contributed by atoms with Crippen molar-refractivity contribution < 1.29 is 14.6 Å². The first-order valence-corrected chi connectivity index (χ1v) is 7.79. The lowest BCUT2D eigenvalue weighted by molar-refractivity contribution is -0.170. The van der Waals surface area contributed by atoms with E-state index in [1.807, 2.05) is 13.8 Å². The van der Waals surface area contributed by atoms with Crippen molar-refractivity contribution in [1.82, 2.24) is 0 Å². The average Bonchev–Trinajstić information content (AvgIpc) is 2.91. The molecule has 6 heteroatoms. The zero-order valence-electron chi connectivity index (χ0n) is 12.0. The van der Waals surface area contributed by atoms with Gasteiger partial charge in [0.25, 0.3) is 0 Å². The zero-order chi connectivity index (χ0) is 15.4. The number of phenols is 1. The van der Waals surface area contributed by atoms with E-state index in [0.29, 0.717) is 16.8 Å². The Morgan fingerprint density at radius 1 is 1.52 bits per heavy atom. The van der Waals surface area contributed by atoms with E-state index in [4.69, 9.17) is 10.5 Å². The van der Waals surface area contributed by atoms with Crippen LogP contribution in [0, 0.1) is 11.3 Å². The average molecular weight is 355 g/mol. The highest BCUT2D eigenvalue weighted by Crippen LogP contribution is 2.58. The number of nitrogens with two attached hydrogens (primary N) is 1. The second-order valence-corrected chi connectivity index (χ2v) is 7.22. The molecule has 0 aromatic heterocycles. The lowest BCUT2D eigenvalue weighted by Crippen LogP contribution is -2.79. The van der Waals surface area contributed by atoms with Crippen molar-refractivity contribution in [1.29, 1.82) is 0 Å². The summed E-state index contributed by atoms with van der Waals surface area (Å²) >= 11 is 3.23. The minimum atomic E-state index is -0.983. The predicted molar refractivity (Wildman–Crippen MR) is 83.0 cm³/mol. The molecule has 114 valence electrons. The minimum absolute atomic E-state index is 0.00537. The molecule has 1 aromatic carbocycles. The highest BCUT2D eigenvalue weighted by molar-refractivity contribution is 9.10. The Morgan fingerprint density at radius 2 is 2.24 bits per heavy atom. The molecular weight excluding hydrogens is 336 g/mol. The molecule has 2 aliphatic rings. The maximum Gasteiger partial charge on any atom is 0.245 e. The standard InChI is InChI=1S/C15H19BrN2O3/c1-14(2)12-8(6-7-21-12)15(14,17)13(20)18-10-5-3-4-9(16)11(10)19/h3-5,8,12,19H,6-7,17H2,1-2H3,(H,18,20). The molecule has 0 bridgehead atoms. The molecule has 5 nitrogen and oxygen atoms in total. The Kier molecular flexibility index (Phi) is 3.31. The number of amides is 1. The number of halogens is 1. The number of hydrogen-bond acceptors (Lipinski definition) is 4. The van der Waals surface area contributed by atoms with E-state index in [9.17, 15) is 9.90 Å². The number of aromatic hydroxyl groups is 1. The fourth-order valence-corrected chi connectivity index (χ4v) is 4.05. The number of anilines is 1. The molecule has 1 saturated carbocycles. The van der Waals surface area contributed by atoms with Crippen LogP contribution in [0.1, 0.15) is 20.3 Å². The summed E-state index contributed by atoms with van der Waals surface area (Å²) in [5.41, 5.74) is 5.40. The van der Waals surface area contributed by atoms with Crippen molar-refractivity contribution in [3.8, 4) is 5.75 Å². The summed E-state index contributed by atoms with van der Waals surface area (Å²) in [6.45, 7) is 4.56. The molecule has 3 rings (SSSR count). The highest BCUT2D eigenvalue weighted by atomic mass is 79.9. The number of rotatable bonds is 2. The molecule has 21 heavy (non-hydrogen) atoms. The van der Waals surface area contributed by atoms with E-state index in [1.165, 1.54) is 0 Å². The van der Waals surface area contributed by atoms with Gasteiger partial charge in [0, 0.05) is 17.9 Å². The summed E-state index contributed by atoms with van der Waals surface area (Å²) in [7, 11) is 0. The number of ether oxygens (including phenoxy) is 1. The molecule has 1 amide bonds. The van der Waals surface area contributed by atoms with Gasteiger partial charge in [0.15, 0.2) is 5.75 Å². The first-order valence-electron chi connectivity index (χ1n) is 6.99. The number of benzene rings is 1.